The smallest absolute Gasteiger partial charge is 0.194 e. The first-order valence-corrected chi connectivity index (χ1v) is 12.4. The lowest BCUT2D eigenvalue weighted by molar-refractivity contribution is 0.172. The number of aliphatic imine (C=N–C) groups is 1. The first-order chi connectivity index (χ1) is 14.5. The Morgan fingerprint density at radius 1 is 0.967 bits per heavy atom. The van der Waals surface area contributed by atoms with Crippen LogP contribution in [-0.4, -0.2) is 69.7 Å². The second-order valence-electron chi connectivity index (χ2n) is 7.65. The molecular formula is C23H32N4O2S. The SMILES string of the molecule is CCNC(=NCCc1ccc(S(C)(=O)=O)cc1)N1CCN(Cc2ccccc2)CC1. The molecule has 3 rings (SSSR count). The number of benzene rings is 2. The van der Waals surface area contributed by atoms with Gasteiger partial charge in [0.25, 0.3) is 0 Å². The van der Waals surface area contributed by atoms with E-state index in [2.05, 4.69) is 52.4 Å². The molecule has 1 N–H and O–H groups in total. The molecule has 1 aliphatic rings. The standard InChI is InChI=1S/C23H32N4O2S/c1-3-24-23(25-14-13-20-9-11-22(12-10-20)30(2,28)29)27-17-15-26(16-18-27)19-21-7-5-4-6-8-21/h4-12H,3,13-19H2,1-2H3,(H,24,25). The van der Waals surface area contributed by atoms with Gasteiger partial charge >= 0.3 is 0 Å². The summed E-state index contributed by atoms with van der Waals surface area (Å²) in [6.45, 7) is 8.55. The molecule has 0 aliphatic carbocycles. The maximum atomic E-state index is 11.6. The number of nitrogens with zero attached hydrogens (tertiary/aromatic N) is 3. The van der Waals surface area contributed by atoms with Gasteiger partial charge in [-0.3, -0.25) is 9.89 Å². The minimum Gasteiger partial charge on any atom is -0.357 e. The predicted octanol–water partition coefficient (Wildman–Crippen LogP) is 2.42. The molecule has 0 amide bonds. The van der Waals surface area contributed by atoms with Crippen LogP contribution in [0.25, 0.3) is 0 Å². The molecule has 30 heavy (non-hydrogen) atoms. The van der Waals surface area contributed by atoms with E-state index >= 15 is 0 Å². The lowest BCUT2D eigenvalue weighted by Gasteiger charge is -2.36. The molecule has 0 bridgehead atoms. The van der Waals surface area contributed by atoms with Crippen molar-refractivity contribution in [1.82, 2.24) is 15.1 Å². The van der Waals surface area contributed by atoms with Crippen molar-refractivity contribution in [3.05, 3.63) is 65.7 Å². The van der Waals surface area contributed by atoms with Gasteiger partial charge in [-0.15, -0.1) is 0 Å². The summed E-state index contributed by atoms with van der Waals surface area (Å²) < 4.78 is 23.2. The van der Waals surface area contributed by atoms with Crippen LogP contribution in [-0.2, 0) is 22.8 Å². The summed E-state index contributed by atoms with van der Waals surface area (Å²) in [5.41, 5.74) is 2.45. The zero-order chi connectivity index (χ0) is 21.4. The van der Waals surface area contributed by atoms with E-state index in [1.54, 1.807) is 12.1 Å². The highest BCUT2D eigenvalue weighted by atomic mass is 32.2. The van der Waals surface area contributed by atoms with Crippen LogP contribution in [0, 0.1) is 0 Å². The van der Waals surface area contributed by atoms with Crippen molar-refractivity contribution in [3.63, 3.8) is 0 Å². The number of piperazine rings is 1. The topological polar surface area (TPSA) is 65.0 Å². The number of hydrogen-bond donors (Lipinski definition) is 1. The Hall–Kier alpha value is -2.38. The van der Waals surface area contributed by atoms with Crippen molar-refractivity contribution in [2.45, 2.75) is 24.8 Å². The first kappa shape index (κ1) is 22.3. The second-order valence-corrected chi connectivity index (χ2v) is 9.67. The van der Waals surface area contributed by atoms with E-state index in [-0.39, 0.29) is 0 Å². The number of sulfone groups is 1. The van der Waals surface area contributed by atoms with Crippen molar-refractivity contribution in [2.24, 2.45) is 4.99 Å². The Balaban J connectivity index is 1.52. The number of hydrogen-bond acceptors (Lipinski definition) is 4. The van der Waals surface area contributed by atoms with Crippen molar-refractivity contribution in [2.75, 3.05) is 45.5 Å². The third-order valence-electron chi connectivity index (χ3n) is 5.27. The van der Waals surface area contributed by atoms with Crippen LogP contribution in [0.2, 0.25) is 0 Å². The van der Waals surface area contributed by atoms with Gasteiger partial charge in [-0.25, -0.2) is 8.42 Å². The molecule has 0 spiro atoms. The molecule has 7 heteroatoms. The third kappa shape index (κ3) is 6.57. The molecule has 2 aromatic carbocycles. The quantitative estimate of drug-likeness (QED) is 0.542. The molecule has 1 saturated heterocycles. The van der Waals surface area contributed by atoms with Crippen molar-refractivity contribution >= 4 is 15.8 Å². The molecule has 0 aromatic heterocycles. The maximum Gasteiger partial charge on any atom is 0.194 e. The zero-order valence-corrected chi connectivity index (χ0v) is 18.7. The van der Waals surface area contributed by atoms with Gasteiger partial charge in [0, 0.05) is 52.1 Å². The summed E-state index contributed by atoms with van der Waals surface area (Å²) in [6, 6.07) is 17.7. The van der Waals surface area contributed by atoms with Crippen LogP contribution in [0.3, 0.4) is 0 Å². The highest BCUT2D eigenvalue weighted by Crippen LogP contribution is 2.11. The second kappa shape index (κ2) is 10.6. The summed E-state index contributed by atoms with van der Waals surface area (Å²) >= 11 is 0. The van der Waals surface area contributed by atoms with Gasteiger partial charge in [0.15, 0.2) is 15.8 Å². The summed E-state index contributed by atoms with van der Waals surface area (Å²) in [4.78, 5) is 9.98. The Labute approximate surface area is 180 Å². The molecule has 1 heterocycles. The fourth-order valence-electron chi connectivity index (χ4n) is 3.58. The van der Waals surface area contributed by atoms with Gasteiger partial charge in [0.2, 0.25) is 0 Å². The molecule has 0 atom stereocenters. The highest BCUT2D eigenvalue weighted by Gasteiger charge is 2.19. The van der Waals surface area contributed by atoms with Gasteiger partial charge < -0.3 is 10.2 Å². The van der Waals surface area contributed by atoms with Crippen LogP contribution in [0.5, 0.6) is 0 Å². The molecule has 162 valence electrons. The van der Waals surface area contributed by atoms with Crippen LogP contribution >= 0.6 is 0 Å². The molecule has 6 nitrogen and oxygen atoms in total. The van der Waals surface area contributed by atoms with Gasteiger partial charge in [0.05, 0.1) is 4.90 Å². The maximum absolute atomic E-state index is 11.6. The zero-order valence-electron chi connectivity index (χ0n) is 17.9. The first-order valence-electron chi connectivity index (χ1n) is 10.5. The Morgan fingerprint density at radius 3 is 2.23 bits per heavy atom. The van der Waals surface area contributed by atoms with Crippen LogP contribution in [0.15, 0.2) is 64.5 Å². The van der Waals surface area contributed by atoms with Crippen molar-refractivity contribution < 1.29 is 8.42 Å². The number of rotatable bonds is 7. The molecule has 1 fully saturated rings. The van der Waals surface area contributed by atoms with Crippen molar-refractivity contribution in [3.8, 4) is 0 Å². The number of nitrogens with one attached hydrogen (secondary N) is 1. The lowest BCUT2D eigenvalue weighted by Crippen LogP contribution is -2.52. The summed E-state index contributed by atoms with van der Waals surface area (Å²) in [5, 5.41) is 3.41. The Morgan fingerprint density at radius 2 is 1.63 bits per heavy atom. The van der Waals surface area contributed by atoms with E-state index in [9.17, 15) is 8.42 Å². The summed E-state index contributed by atoms with van der Waals surface area (Å²) in [7, 11) is -3.15. The van der Waals surface area contributed by atoms with Gasteiger partial charge in [-0.1, -0.05) is 42.5 Å². The van der Waals surface area contributed by atoms with Gasteiger partial charge in [0.1, 0.15) is 0 Å². The van der Waals surface area contributed by atoms with E-state index in [4.69, 9.17) is 4.99 Å². The fourth-order valence-corrected chi connectivity index (χ4v) is 4.21. The number of guanidine groups is 1. The largest absolute Gasteiger partial charge is 0.357 e. The molecule has 1 aliphatic heterocycles. The Kier molecular flexibility index (Phi) is 7.87. The van der Waals surface area contributed by atoms with Crippen LogP contribution < -0.4 is 5.32 Å². The van der Waals surface area contributed by atoms with E-state index in [0.717, 1.165) is 57.2 Å². The Bertz CT molecular complexity index is 919. The van der Waals surface area contributed by atoms with E-state index < -0.39 is 9.84 Å². The normalized spacial score (nSPS) is 15.9. The summed E-state index contributed by atoms with van der Waals surface area (Å²) in [6.07, 6.45) is 2.02. The fraction of sp³-hybridized carbons (Fsp3) is 0.435. The van der Waals surface area contributed by atoms with E-state index in [1.165, 1.54) is 11.8 Å². The molecule has 0 saturated carbocycles. The van der Waals surface area contributed by atoms with Gasteiger partial charge in [-0.2, -0.15) is 0 Å². The molecular weight excluding hydrogens is 396 g/mol. The van der Waals surface area contributed by atoms with Crippen LogP contribution in [0.4, 0.5) is 0 Å². The minimum absolute atomic E-state index is 0.358. The monoisotopic (exact) mass is 428 g/mol. The average molecular weight is 429 g/mol. The predicted molar refractivity (Wildman–Crippen MR) is 123 cm³/mol. The van der Waals surface area contributed by atoms with Crippen molar-refractivity contribution in [1.29, 1.82) is 0 Å². The minimum atomic E-state index is -3.15. The van der Waals surface area contributed by atoms with E-state index in [1.807, 2.05) is 12.1 Å². The molecule has 0 radical (unpaired) electrons. The molecule has 0 unspecified atom stereocenters. The lowest BCUT2D eigenvalue weighted by atomic mass is 10.1. The third-order valence-corrected chi connectivity index (χ3v) is 6.40. The summed E-state index contributed by atoms with van der Waals surface area (Å²) in [5.74, 6) is 0.963. The van der Waals surface area contributed by atoms with Crippen LogP contribution in [0.1, 0.15) is 18.1 Å². The van der Waals surface area contributed by atoms with Gasteiger partial charge in [-0.05, 0) is 36.6 Å². The van der Waals surface area contributed by atoms with E-state index in [0.29, 0.717) is 11.4 Å². The molecule has 2 aromatic rings. The average Bonchev–Trinajstić information content (AvgIpc) is 2.74. The highest BCUT2D eigenvalue weighted by molar-refractivity contribution is 7.90.